The van der Waals surface area contributed by atoms with Crippen LogP contribution in [0.2, 0.25) is 5.02 Å². The topological polar surface area (TPSA) is 91.2 Å². The summed E-state index contributed by atoms with van der Waals surface area (Å²) in [5.74, 6) is -0.335. The smallest absolute Gasteiger partial charge is 0.292 e. The summed E-state index contributed by atoms with van der Waals surface area (Å²) in [7, 11) is 0. The number of rotatable bonds is 4. The molecule has 0 spiro atoms. The van der Waals surface area contributed by atoms with Crippen LogP contribution in [0.15, 0.2) is 42.5 Å². The molecular formula is C22H24ClN5O4S. The molecule has 2 saturated heterocycles. The molecule has 2 heterocycles. The maximum Gasteiger partial charge on any atom is 0.292 e. The molecule has 1 N–H and O–H groups in total. The van der Waals surface area contributed by atoms with Crippen LogP contribution in [0, 0.1) is 10.1 Å². The lowest BCUT2D eigenvalue weighted by Crippen LogP contribution is -2.52. The zero-order chi connectivity index (χ0) is 23.4. The lowest BCUT2D eigenvalue weighted by molar-refractivity contribution is -0.384. The van der Waals surface area contributed by atoms with Crippen molar-refractivity contribution in [3.8, 4) is 0 Å². The summed E-state index contributed by atoms with van der Waals surface area (Å²) in [6, 6.07) is 12.1. The van der Waals surface area contributed by atoms with E-state index in [0.29, 0.717) is 73.9 Å². The molecule has 174 valence electrons. The van der Waals surface area contributed by atoms with Crippen molar-refractivity contribution in [3.63, 3.8) is 0 Å². The van der Waals surface area contributed by atoms with Crippen LogP contribution in [0.1, 0.15) is 10.4 Å². The van der Waals surface area contributed by atoms with E-state index < -0.39 is 0 Å². The third-order valence-corrected chi connectivity index (χ3v) is 6.47. The molecule has 0 bridgehead atoms. The standard InChI is InChI=1S/C22H24ClN5O4S/c23-18-4-2-1-3-17(18)21(29)24-22(33)27-9-7-25(8-10-27)16-5-6-19(28(30)31)20(15-16)26-11-13-32-14-12-26/h1-6,15H,7-14H2,(H,24,29,33). The number of hydrogen-bond donors (Lipinski definition) is 1. The van der Waals surface area contributed by atoms with Crippen LogP contribution < -0.4 is 15.1 Å². The summed E-state index contributed by atoms with van der Waals surface area (Å²) in [4.78, 5) is 29.8. The Hall–Kier alpha value is -2.95. The Bertz CT molecular complexity index is 1050. The number of amides is 1. The van der Waals surface area contributed by atoms with E-state index in [2.05, 4.69) is 10.2 Å². The average Bonchev–Trinajstić information content (AvgIpc) is 2.84. The molecule has 2 aromatic rings. The zero-order valence-electron chi connectivity index (χ0n) is 17.9. The van der Waals surface area contributed by atoms with E-state index >= 15 is 0 Å². The lowest BCUT2D eigenvalue weighted by Gasteiger charge is -2.37. The molecule has 0 unspecified atom stereocenters. The number of nitro groups is 1. The van der Waals surface area contributed by atoms with Crippen molar-refractivity contribution < 1.29 is 14.5 Å². The predicted molar refractivity (Wildman–Crippen MR) is 131 cm³/mol. The number of nitrogens with zero attached hydrogens (tertiary/aromatic N) is 4. The normalized spacial score (nSPS) is 16.5. The molecule has 2 aromatic carbocycles. The number of carbonyl (C=O) groups is 1. The maximum absolute atomic E-state index is 12.5. The first-order valence-corrected chi connectivity index (χ1v) is 11.4. The molecular weight excluding hydrogens is 466 g/mol. The van der Waals surface area contributed by atoms with E-state index in [4.69, 9.17) is 28.6 Å². The highest BCUT2D eigenvalue weighted by molar-refractivity contribution is 7.80. The minimum Gasteiger partial charge on any atom is -0.378 e. The number of halogens is 1. The van der Waals surface area contributed by atoms with Gasteiger partial charge in [-0.2, -0.15) is 0 Å². The molecule has 4 rings (SSSR count). The van der Waals surface area contributed by atoms with E-state index in [0.717, 1.165) is 5.69 Å². The van der Waals surface area contributed by atoms with E-state index in [-0.39, 0.29) is 16.5 Å². The van der Waals surface area contributed by atoms with Crippen molar-refractivity contribution in [2.24, 2.45) is 0 Å². The van der Waals surface area contributed by atoms with Crippen LogP contribution in [0.5, 0.6) is 0 Å². The van der Waals surface area contributed by atoms with Gasteiger partial charge in [-0.25, -0.2) is 0 Å². The molecule has 33 heavy (non-hydrogen) atoms. The monoisotopic (exact) mass is 489 g/mol. The number of piperazine rings is 1. The number of thiocarbonyl (C=S) groups is 1. The summed E-state index contributed by atoms with van der Waals surface area (Å²) < 4.78 is 5.39. The van der Waals surface area contributed by atoms with Crippen LogP contribution in [-0.4, -0.2) is 73.3 Å². The highest BCUT2D eigenvalue weighted by atomic mass is 35.5. The molecule has 0 saturated carbocycles. The molecule has 2 aliphatic heterocycles. The second kappa shape index (κ2) is 10.3. The number of nitro benzene ring substituents is 1. The largest absolute Gasteiger partial charge is 0.378 e. The number of anilines is 2. The Balaban J connectivity index is 1.40. The van der Waals surface area contributed by atoms with Gasteiger partial charge in [-0.3, -0.25) is 20.2 Å². The highest BCUT2D eigenvalue weighted by Gasteiger charge is 2.25. The Morgan fingerprint density at radius 1 is 1.03 bits per heavy atom. The van der Waals surface area contributed by atoms with Gasteiger partial charge in [-0.05, 0) is 36.5 Å². The average molecular weight is 490 g/mol. The van der Waals surface area contributed by atoms with Gasteiger partial charge in [-0.15, -0.1) is 0 Å². The molecule has 0 aromatic heterocycles. The fraction of sp³-hybridized carbons (Fsp3) is 0.364. The molecule has 11 heteroatoms. The predicted octanol–water partition coefficient (Wildman–Crippen LogP) is 2.92. The van der Waals surface area contributed by atoms with Crippen LogP contribution in [-0.2, 0) is 4.74 Å². The first-order chi connectivity index (χ1) is 15.9. The van der Waals surface area contributed by atoms with Crippen LogP contribution in [0.25, 0.3) is 0 Å². The lowest BCUT2D eigenvalue weighted by atomic mass is 10.1. The third-order valence-electron chi connectivity index (χ3n) is 5.78. The van der Waals surface area contributed by atoms with Crippen molar-refractivity contribution in [2.75, 3.05) is 62.3 Å². The molecule has 1 amide bonds. The molecule has 2 fully saturated rings. The van der Waals surface area contributed by atoms with E-state index in [1.54, 1.807) is 36.4 Å². The first-order valence-electron chi connectivity index (χ1n) is 10.6. The first kappa shape index (κ1) is 23.2. The SMILES string of the molecule is O=C(NC(=S)N1CCN(c2ccc([N+](=O)[O-])c(N3CCOCC3)c2)CC1)c1ccccc1Cl. The van der Waals surface area contributed by atoms with Gasteiger partial charge in [0.15, 0.2) is 5.11 Å². The Labute approximate surface area is 202 Å². The second-order valence-corrected chi connectivity index (χ2v) is 8.54. The van der Waals surface area contributed by atoms with Gasteiger partial charge in [0.25, 0.3) is 11.6 Å². The van der Waals surface area contributed by atoms with Gasteiger partial charge < -0.3 is 19.4 Å². The second-order valence-electron chi connectivity index (χ2n) is 7.74. The molecule has 0 atom stereocenters. The quantitative estimate of drug-likeness (QED) is 0.398. The van der Waals surface area contributed by atoms with Crippen molar-refractivity contribution in [3.05, 3.63) is 63.2 Å². The van der Waals surface area contributed by atoms with Gasteiger partial charge in [-0.1, -0.05) is 23.7 Å². The zero-order valence-corrected chi connectivity index (χ0v) is 19.5. The van der Waals surface area contributed by atoms with Gasteiger partial charge in [0.05, 0.1) is 28.7 Å². The molecule has 0 radical (unpaired) electrons. The highest BCUT2D eigenvalue weighted by Crippen LogP contribution is 2.33. The van der Waals surface area contributed by atoms with Crippen LogP contribution in [0.3, 0.4) is 0 Å². The number of nitrogens with one attached hydrogen (secondary N) is 1. The fourth-order valence-electron chi connectivity index (χ4n) is 3.98. The van der Waals surface area contributed by atoms with E-state index in [9.17, 15) is 14.9 Å². The number of benzene rings is 2. The van der Waals surface area contributed by atoms with E-state index in [1.807, 2.05) is 15.9 Å². The fourth-order valence-corrected chi connectivity index (χ4v) is 4.47. The van der Waals surface area contributed by atoms with Crippen molar-refractivity contribution in [1.82, 2.24) is 10.2 Å². The summed E-state index contributed by atoms with van der Waals surface area (Å²) >= 11 is 11.5. The van der Waals surface area contributed by atoms with Gasteiger partial charge in [0.1, 0.15) is 5.69 Å². The summed E-state index contributed by atoms with van der Waals surface area (Å²) in [6.07, 6.45) is 0. The van der Waals surface area contributed by atoms with Gasteiger partial charge >= 0.3 is 0 Å². The van der Waals surface area contributed by atoms with Crippen molar-refractivity contribution >= 4 is 51.9 Å². The number of carbonyl (C=O) groups excluding carboxylic acids is 1. The Morgan fingerprint density at radius 2 is 1.73 bits per heavy atom. The summed E-state index contributed by atoms with van der Waals surface area (Å²) in [5.41, 5.74) is 2.02. The minimum atomic E-state index is -0.341. The molecule has 2 aliphatic rings. The number of hydrogen-bond acceptors (Lipinski definition) is 7. The van der Waals surface area contributed by atoms with Crippen molar-refractivity contribution in [1.29, 1.82) is 0 Å². The molecule has 9 nitrogen and oxygen atoms in total. The van der Waals surface area contributed by atoms with E-state index in [1.165, 1.54) is 0 Å². The summed E-state index contributed by atoms with van der Waals surface area (Å²) in [5, 5.41) is 15.0. The number of ether oxygens (including phenoxy) is 1. The third kappa shape index (κ3) is 5.35. The maximum atomic E-state index is 12.5. The van der Waals surface area contributed by atoms with Gasteiger partial charge in [0, 0.05) is 51.0 Å². The Morgan fingerprint density at radius 3 is 2.39 bits per heavy atom. The minimum absolute atomic E-state index is 0.0998. The Kier molecular flexibility index (Phi) is 7.26. The van der Waals surface area contributed by atoms with Crippen LogP contribution in [0.4, 0.5) is 17.1 Å². The summed E-state index contributed by atoms with van der Waals surface area (Å²) in [6.45, 7) is 4.92. The van der Waals surface area contributed by atoms with Crippen LogP contribution >= 0.6 is 23.8 Å². The molecule has 0 aliphatic carbocycles. The number of morpholine rings is 1. The van der Waals surface area contributed by atoms with Gasteiger partial charge in [0.2, 0.25) is 0 Å². The van der Waals surface area contributed by atoms with Crippen molar-refractivity contribution in [2.45, 2.75) is 0 Å².